The van der Waals surface area contributed by atoms with Crippen LogP contribution in [0.15, 0.2) is 24.3 Å². The lowest BCUT2D eigenvalue weighted by Gasteiger charge is -2.27. The molecule has 2 unspecified atom stereocenters. The van der Waals surface area contributed by atoms with Gasteiger partial charge in [-0.15, -0.1) is 0 Å². The van der Waals surface area contributed by atoms with E-state index in [2.05, 4.69) is 17.6 Å². The minimum absolute atomic E-state index is 0.0746. The highest BCUT2D eigenvalue weighted by Crippen LogP contribution is 2.16. The maximum atomic E-state index is 12.1. The van der Waals surface area contributed by atoms with E-state index in [4.69, 9.17) is 5.73 Å². The molecular formula is C15H21N3O2. The summed E-state index contributed by atoms with van der Waals surface area (Å²) in [6.45, 7) is 3.41. The molecular weight excluding hydrogens is 254 g/mol. The van der Waals surface area contributed by atoms with E-state index in [1.165, 1.54) is 0 Å². The highest BCUT2D eigenvalue weighted by Gasteiger charge is 2.24. The van der Waals surface area contributed by atoms with Crippen LogP contribution in [0.1, 0.15) is 35.7 Å². The summed E-state index contributed by atoms with van der Waals surface area (Å²) < 4.78 is 0. The van der Waals surface area contributed by atoms with Crippen LogP contribution in [-0.4, -0.2) is 24.4 Å². The summed E-state index contributed by atoms with van der Waals surface area (Å²) in [7, 11) is 0. The molecule has 0 aromatic heterocycles. The minimum Gasteiger partial charge on any atom is -0.366 e. The maximum Gasteiger partial charge on any atom is 0.248 e. The first-order chi connectivity index (χ1) is 9.56. The molecule has 1 aromatic carbocycles. The zero-order valence-electron chi connectivity index (χ0n) is 11.7. The van der Waals surface area contributed by atoms with Crippen molar-refractivity contribution in [2.75, 3.05) is 6.54 Å². The molecule has 4 N–H and O–H groups in total. The summed E-state index contributed by atoms with van der Waals surface area (Å²) in [5.74, 6) is -0.293. The second kappa shape index (κ2) is 6.52. The Kier molecular flexibility index (Phi) is 4.74. The van der Waals surface area contributed by atoms with Crippen LogP contribution in [0.2, 0.25) is 0 Å². The molecule has 1 fully saturated rings. The lowest BCUT2D eigenvalue weighted by Crippen LogP contribution is -2.42. The number of hydrogen-bond acceptors (Lipinski definition) is 3. The summed E-state index contributed by atoms with van der Waals surface area (Å²) in [5, 5.41) is 6.27. The van der Waals surface area contributed by atoms with E-state index in [-0.39, 0.29) is 11.8 Å². The largest absolute Gasteiger partial charge is 0.366 e. The Morgan fingerprint density at radius 2 is 2.25 bits per heavy atom. The molecule has 108 valence electrons. The molecule has 0 bridgehead atoms. The zero-order chi connectivity index (χ0) is 14.5. The summed E-state index contributed by atoms with van der Waals surface area (Å²) in [5.41, 5.74) is 6.59. The van der Waals surface area contributed by atoms with Crippen LogP contribution in [0.5, 0.6) is 0 Å². The number of piperidine rings is 1. The predicted octanol–water partition coefficient (Wildman–Crippen LogP) is 0.790. The van der Waals surface area contributed by atoms with Gasteiger partial charge in [-0.3, -0.25) is 9.59 Å². The van der Waals surface area contributed by atoms with Crippen LogP contribution < -0.4 is 16.4 Å². The number of primary amides is 1. The van der Waals surface area contributed by atoms with Gasteiger partial charge in [0.15, 0.2) is 0 Å². The first-order valence-corrected chi connectivity index (χ1v) is 6.96. The molecule has 0 radical (unpaired) electrons. The maximum absolute atomic E-state index is 12.1. The van der Waals surface area contributed by atoms with E-state index >= 15 is 0 Å². The van der Waals surface area contributed by atoms with E-state index < -0.39 is 5.91 Å². The highest BCUT2D eigenvalue weighted by atomic mass is 16.2. The minimum atomic E-state index is -0.453. The molecule has 1 saturated heterocycles. The van der Waals surface area contributed by atoms with E-state index in [1.54, 1.807) is 18.2 Å². The number of nitrogens with one attached hydrogen (secondary N) is 2. The molecule has 20 heavy (non-hydrogen) atoms. The van der Waals surface area contributed by atoms with Crippen molar-refractivity contribution in [3.8, 4) is 0 Å². The Morgan fingerprint density at radius 1 is 1.45 bits per heavy atom. The number of rotatable bonds is 4. The number of carbonyl (C=O) groups excluding carboxylic acids is 2. The van der Waals surface area contributed by atoms with Gasteiger partial charge >= 0.3 is 0 Å². The van der Waals surface area contributed by atoms with Gasteiger partial charge in [0.2, 0.25) is 11.8 Å². The quantitative estimate of drug-likeness (QED) is 0.759. The number of carbonyl (C=O) groups is 2. The van der Waals surface area contributed by atoms with Crippen LogP contribution in [0, 0.1) is 5.92 Å². The van der Waals surface area contributed by atoms with Gasteiger partial charge in [0.1, 0.15) is 0 Å². The van der Waals surface area contributed by atoms with Crippen molar-refractivity contribution in [3.05, 3.63) is 35.4 Å². The van der Waals surface area contributed by atoms with E-state index in [9.17, 15) is 9.59 Å². The van der Waals surface area contributed by atoms with Crippen molar-refractivity contribution >= 4 is 11.8 Å². The monoisotopic (exact) mass is 275 g/mol. The number of nitrogens with two attached hydrogens (primary N) is 1. The van der Waals surface area contributed by atoms with Gasteiger partial charge in [0.25, 0.3) is 0 Å². The summed E-state index contributed by atoms with van der Waals surface area (Å²) in [4.78, 5) is 23.2. The Labute approximate surface area is 118 Å². The fourth-order valence-electron chi connectivity index (χ4n) is 2.54. The molecule has 2 atom stereocenters. The molecule has 5 nitrogen and oxygen atoms in total. The van der Waals surface area contributed by atoms with Crippen LogP contribution in [0.4, 0.5) is 0 Å². The summed E-state index contributed by atoms with van der Waals surface area (Å²) in [6.07, 6.45) is 1.74. The van der Waals surface area contributed by atoms with Crippen molar-refractivity contribution in [1.82, 2.24) is 10.6 Å². The normalized spacial score (nSPS) is 22.2. The van der Waals surface area contributed by atoms with Gasteiger partial charge in [-0.05, 0) is 44.0 Å². The van der Waals surface area contributed by atoms with Gasteiger partial charge in [-0.1, -0.05) is 12.1 Å². The van der Waals surface area contributed by atoms with Gasteiger partial charge in [-0.25, -0.2) is 0 Å². The molecule has 0 spiro atoms. The standard InChI is InChI=1S/C15H21N3O2/c1-10-7-13(5-6-17-10)15(20)18-9-11-3-2-4-12(8-11)14(16)19/h2-4,8,10,13,17H,5-7,9H2,1H3,(H2,16,19)(H,18,20). The lowest BCUT2D eigenvalue weighted by molar-refractivity contribution is -0.126. The second-order valence-electron chi connectivity index (χ2n) is 5.36. The molecule has 1 aliphatic heterocycles. The van der Waals surface area contributed by atoms with E-state index in [1.807, 2.05) is 6.07 Å². The zero-order valence-corrected chi connectivity index (χ0v) is 11.7. The topological polar surface area (TPSA) is 84.2 Å². The van der Waals surface area contributed by atoms with Gasteiger partial charge in [0, 0.05) is 24.1 Å². The van der Waals surface area contributed by atoms with Crippen molar-refractivity contribution in [2.24, 2.45) is 11.7 Å². The molecule has 2 rings (SSSR count). The SMILES string of the molecule is CC1CC(C(=O)NCc2cccc(C(N)=O)c2)CCN1. The highest BCUT2D eigenvalue weighted by molar-refractivity contribution is 5.92. The smallest absolute Gasteiger partial charge is 0.248 e. The Bertz CT molecular complexity index is 502. The van der Waals surface area contributed by atoms with Gasteiger partial charge in [-0.2, -0.15) is 0 Å². The third kappa shape index (κ3) is 3.81. The van der Waals surface area contributed by atoms with Crippen LogP contribution in [0.3, 0.4) is 0 Å². The number of amides is 2. The molecule has 0 saturated carbocycles. The van der Waals surface area contributed by atoms with Crippen LogP contribution in [0.25, 0.3) is 0 Å². The average molecular weight is 275 g/mol. The predicted molar refractivity (Wildman–Crippen MR) is 77.0 cm³/mol. The van der Waals surface area contributed by atoms with Gasteiger partial charge < -0.3 is 16.4 Å². The average Bonchev–Trinajstić information content (AvgIpc) is 2.45. The Hall–Kier alpha value is -1.88. The molecule has 0 aliphatic carbocycles. The first kappa shape index (κ1) is 14.5. The van der Waals surface area contributed by atoms with Crippen LogP contribution in [-0.2, 0) is 11.3 Å². The fraction of sp³-hybridized carbons (Fsp3) is 0.467. The molecule has 1 aromatic rings. The number of benzene rings is 1. The Balaban J connectivity index is 1.89. The second-order valence-corrected chi connectivity index (χ2v) is 5.36. The molecule has 2 amide bonds. The number of hydrogen-bond donors (Lipinski definition) is 3. The third-order valence-electron chi connectivity index (χ3n) is 3.67. The summed E-state index contributed by atoms with van der Waals surface area (Å²) in [6, 6.07) is 7.42. The van der Waals surface area contributed by atoms with Gasteiger partial charge in [0.05, 0.1) is 0 Å². The van der Waals surface area contributed by atoms with Crippen molar-refractivity contribution in [2.45, 2.75) is 32.4 Å². The molecule has 1 aliphatic rings. The molecule has 5 heteroatoms. The summed E-state index contributed by atoms with van der Waals surface area (Å²) >= 11 is 0. The molecule has 1 heterocycles. The fourth-order valence-corrected chi connectivity index (χ4v) is 2.54. The van der Waals surface area contributed by atoms with Crippen molar-refractivity contribution in [3.63, 3.8) is 0 Å². The van der Waals surface area contributed by atoms with Crippen molar-refractivity contribution in [1.29, 1.82) is 0 Å². The Morgan fingerprint density at radius 3 is 2.95 bits per heavy atom. The first-order valence-electron chi connectivity index (χ1n) is 6.96. The van der Waals surface area contributed by atoms with Crippen LogP contribution >= 0.6 is 0 Å². The van der Waals surface area contributed by atoms with Crippen molar-refractivity contribution < 1.29 is 9.59 Å². The third-order valence-corrected chi connectivity index (χ3v) is 3.67. The van der Waals surface area contributed by atoms with E-state index in [0.717, 1.165) is 24.9 Å². The lowest BCUT2D eigenvalue weighted by atomic mass is 9.92. The van der Waals surface area contributed by atoms with E-state index in [0.29, 0.717) is 18.2 Å².